The van der Waals surface area contributed by atoms with Gasteiger partial charge in [-0.15, -0.1) is 0 Å². The molecule has 6 rings (SSSR count). The van der Waals surface area contributed by atoms with Gasteiger partial charge in [0.1, 0.15) is 11.6 Å². The Morgan fingerprint density at radius 3 is 2.23 bits per heavy atom. The van der Waals surface area contributed by atoms with Gasteiger partial charge in [-0.2, -0.15) is 0 Å². The Morgan fingerprint density at radius 1 is 0.949 bits per heavy atom. The Labute approximate surface area is 231 Å². The van der Waals surface area contributed by atoms with Crippen LogP contribution in [0.15, 0.2) is 49.1 Å². The van der Waals surface area contributed by atoms with Crippen LogP contribution in [0.4, 0.5) is 0 Å². The lowest BCUT2D eigenvalue weighted by Crippen LogP contribution is -2.57. The second kappa shape index (κ2) is 12.0. The summed E-state index contributed by atoms with van der Waals surface area (Å²) >= 11 is 0. The zero-order valence-corrected chi connectivity index (χ0v) is 22.9. The van der Waals surface area contributed by atoms with Crippen LogP contribution >= 0.6 is 0 Å². The highest BCUT2D eigenvalue weighted by Gasteiger charge is 2.40. The first kappa shape index (κ1) is 26.2. The van der Waals surface area contributed by atoms with Crippen molar-refractivity contribution in [1.82, 2.24) is 34.6 Å². The van der Waals surface area contributed by atoms with Crippen molar-refractivity contribution in [3.63, 3.8) is 0 Å². The fourth-order valence-electron chi connectivity index (χ4n) is 6.63. The molecular weight excluding hydrogens is 490 g/mol. The van der Waals surface area contributed by atoms with Gasteiger partial charge in [-0.05, 0) is 43.4 Å². The van der Waals surface area contributed by atoms with Crippen molar-refractivity contribution < 1.29 is 9.53 Å². The number of nitrogens with zero attached hydrogens (tertiary/aromatic N) is 5. The van der Waals surface area contributed by atoms with Crippen LogP contribution in [-0.2, 0) is 24.4 Å². The Morgan fingerprint density at radius 2 is 1.62 bits per heavy atom. The van der Waals surface area contributed by atoms with E-state index in [0.717, 1.165) is 56.8 Å². The number of nitrogens with one attached hydrogen (secondary N) is 2. The van der Waals surface area contributed by atoms with Crippen LogP contribution in [0.1, 0.15) is 72.5 Å². The fourth-order valence-corrected chi connectivity index (χ4v) is 6.63. The van der Waals surface area contributed by atoms with E-state index in [4.69, 9.17) is 4.74 Å². The van der Waals surface area contributed by atoms with Gasteiger partial charge in [-0.3, -0.25) is 9.69 Å². The van der Waals surface area contributed by atoms with Gasteiger partial charge < -0.3 is 24.5 Å². The molecule has 1 aliphatic carbocycles. The number of hydrogen-bond acceptors (Lipinski definition) is 6. The summed E-state index contributed by atoms with van der Waals surface area (Å²) in [6, 6.07) is 8.89. The molecule has 2 saturated heterocycles. The number of ether oxygens (including phenoxy) is 1. The summed E-state index contributed by atoms with van der Waals surface area (Å²) in [5, 5.41) is 0. The molecule has 4 heterocycles. The lowest BCUT2D eigenvalue weighted by atomic mass is 9.86. The molecule has 3 aliphatic rings. The largest absolute Gasteiger partial charge is 0.372 e. The number of aromatic amines is 2. The van der Waals surface area contributed by atoms with Crippen LogP contribution < -0.4 is 0 Å². The van der Waals surface area contributed by atoms with E-state index >= 15 is 0 Å². The van der Waals surface area contributed by atoms with E-state index in [9.17, 15) is 4.79 Å². The Hall–Kier alpha value is -3.01. The Balaban J connectivity index is 1.05. The molecule has 0 bridgehead atoms. The van der Waals surface area contributed by atoms with Crippen molar-refractivity contribution in [2.75, 3.05) is 32.8 Å². The van der Waals surface area contributed by atoms with Gasteiger partial charge in [0, 0.05) is 69.1 Å². The minimum absolute atomic E-state index is 0.00245. The molecule has 1 spiro atoms. The predicted octanol–water partition coefficient (Wildman–Crippen LogP) is 3.97. The molecule has 3 aromatic rings. The van der Waals surface area contributed by atoms with Crippen LogP contribution in [0.25, 0.3) is 0 Å². The van der Waals surface area contributed by atoms with Crippen LogP contribution in [0, 0.1) is 0 Å². The number of hydrogen-bond donors (Lipinski definition) is 2. The van der Waals surface area contributed by atoms with E-state index in [-0.39, 0.29) is 11.5 Å². The van der Waals surface area contributed by atoms with Gasteiger partial charge in [0.25, 0.3) is 5.91 Å². The third-order valence-electron chi connectivity index (χ3n) is 8.81. The first-order valence-corrected chi connectivity index (χ1v) is 14.6. The van der Waals surface area contributed by atoms with E-state index in [1.165, 1.54) is 50.8 Å². The maximum Gasteiger partial charge on any atom is 0.254 e. The fraction of sp³-hybridized carbons (Fsp3) is 0.567. The highest BCUT2D eigenvalue weighted by molar-refractivity contribution is 5.94. The minimum Gasteiger partial charge on any atom is -0.372 e. The van der Waals surface area contributed by atoms with Gasteiger partial charge in [0.15, 0.2) is 0 Å². The summed E-state index contributed by atoms with van der Waals surface area (Å²) in [6.45, 7) is 6.75. The van der Waals surface area contributed by atoms with Crippen molar-refractivity contribution in [2.45, 2.75) is 76.2 Å². The molecule has 1 aromatic carbocycles. The lowest BCUT2D eigenvalue weighted by molar-refractivity contribution is -0.141. The average molecular weight is 532 g/mol. The van der Waals surface area contributed by atoms with Crippen LogP contribution in [0.2, 0.25) is 0 Å². The molecule has 1 saturated carbocycles. The van der Waals surface area contributed by atoms with Crippen molar-refractivity contribution in [2.24, 2.45) is 0 Å². The number of carbonyl (C=O) groups excluding carboxylic acids is 1. The molecule has 2 aliphatic heterocycles. The molecule has 1 amide bonds. The first-order valence-electron chi connectivity index (χ1n) is 14.6. The Bertz CT molecular complexity index is 1130. The maximum atomic E-state index is 13.5. The number of piperidine rings is 1. The second-order valence-electron chi connectivity index (χ2n) is 11.5. The van der Waals surface area contributed by atoms with Crippen LogP contribution in [-0.4, -0.2) is 85.0 Å². The number of amides is 1. The number of H-pyrrole nitrogens is 2. The lowest BCUT2D eigenvalue weighted by Gasteiger charge is -2.49. The summed E-state index contributed by atoms with van der Waals surface area (Å²) in [5.74, 6) is 1.46. The van der Waals surface area contributed by atoms with Gasteiger partial charge in [0.2, 0.25) is 0 Å². The number of rotatable bonds is 8. The summed E-state index contributed by atoms with van der Waals surface area (Å²) in [6.07, 6.45) is 16.2. The zero-order chi connectivity index (χ0) is 26.5. The normalized spacial score (nSPS) is 20.8. The molecule has 2 aromatic heterocycles. The monoisotopic (exact) mass is 531 g/mol. The van der Waals surface area contributed by atoms with Gasteiger partial charge >= 0.3 is 0 Å². The summed E-state index contributed by atoms with van der Waals surface area (Å²) in [7, 11) is 0. The van der Waals surface area contributed by atoms with Crippen LogP contribution in [0.5, 0.6) is 0 Å². The predicted molar refractivity (Wildman–Crippen MR) is 149 cm³/mol. The molecule has 2 N–H and O–H groups in total. The van der Waals surface area contributed by atoms with Gasteiger partial charge in [0.05, 0.1) is 25.3 Å². The molecular formula is C30H41N7O2. The van der Waals surface area contributed by atoms with Gasteiger partial charge in [-0.1, -0.05) is 31.4 Å². The summed E-state index contributed by atoms with van der Waals surface area (Å²) in [4.78, 5) is 35.3. The number of morpholine rings is 1. The summed E-state index contributed by atoms with van der Waals surface area (Å²) < 4.78 is 6.44. The molecule has 208 valence electrons. The quantitative estimate of drug-likeness (QED) is 0.457. The molecule has 0 unspecified atom stereocenters. The molecule has 39 heavy (non-hydrogen) atoms. The SMILES string of the molecule is O=C(c1ccc(CN2CCOC3(CCN(C4CCCCC4)CC3)C2)cc1)N(Cc1ncc[nH]1)Cc1ncc[nH]1. The highest BCUT2D eigenvalue weighted by atomic mass is 16.5. The third-order valence-corrected chi connectivity index (χ3v) is 8.81. The zero-order valence-electron chi connectivity index (χ0n) is 22.9. The summed E-state index contributed by atoms with van der Waals surface area (Å²) in [5.41, 5.74) is 1.90. The standard InChI is InChI=1S/C30H41N7O2/c38-29(37(21-27-31-12-13-32-27)22-28-33-14-15-34-28)25-8-6-24(7-9-25)20-35-18-19-39-30(23-35)10-16-36(17-11-30)26-4-2-1-3-5-26/h6-9,12-15,26H,1-5,10-11,16-23H2,(H,31,32)(H,33,34). The molecule has 9 nitrogen and oxygen atoms in total. The molecule has 3 fully saturated rings. The highest BCUT2D eigenvalue weighted by Crippen LogP contribution is 2.34. The number of imidazole rings is 2. The second-order valence-corrected chi connectivity index (χ2v) is 11.5. The Kier molecular flexibility index (Phi) is 8.08. The van der Waals surface area contributed by atoms with E-state index in [1.54, 1.807) is 29.7 Å². The smallest absolute Gasteiger partial charge is 0.254 e. The first-order chi connectivity index (χ1) is 19.2. The van der Waals surface area contributed by atoms with E-state index in [0.29, 0.717) is 18.7 Å². The molecule has 0 radical (unpaired) electrons. The van der Waals surface area contributed by atoms with Crippen molar-refractivity contribution in [3.05, 3.63) is 71.8 Å². The number of carbonyl (C=O) groups is 1. The van der Waals surface area contributed by atoms with Gasteiger partial charge in [-0.25, -0.2) is 9.97 Å². The number of likely N-dealkylation sites (tertiary alicyclic amines) is 1. The van der Waals surface area contributed by atoms with E-state index < -0.39 is 0 Å². The number of benzene rings is 1. The molecule has 9 heteroatoms. The van der Waals surface area contributed by atoms with E-state index in [1.807, 2.05) is 12.1 Å². The van der Waals surface area contributed by atoms with E-state index in [2.05, 4.69) is 41.9 Å². The van der Waals surface area contributed by atoms with Crippen molar-refractivity contribution in [3.8, 4) is 0 Å². The average Bonchev–Trinajstić information content (AvgIpc) is 3.69. The number of aromatic nitrogens is 4. The topological polar surface area (TPSA) is 93.4 Å². The molecule has 0 atom stereocenters. The van der Waals surface area contributed by atoms with Crippen LogP contribution in [0.3, 0.4) is 0 Å². The van der Waals surface area contributed by atoms with Crippen molar-refractivity contribution in [1.29, 1.82) is 0 Å². The third kappa shape index (κ3) is 6.42. The maximum absolute atomic E-state index is 13.5. The minimum atomic E-state index is -0.0376. The van der Waals surface area contributed by atoms with Crippen molar-refractivity contribution >= 4 is 5.91 Å².